The molecule has 6 heteroatoms. The third-order valence-electron chi connectivity index (χ3n) is 2.94. The van der Waals surface area contributed by atoms with Crippen LogP contribution in [0.15, 0.2) is 5.16 Å². The highest BCUT2D eigenvalue weighted by Gasteiger charge is 2.15. The predicted molar refractivity (Wildman–Crippen MR) is 63.8 cm³/mol. The van der Waals surface area contributed by atoms with Crippen molar-refractivity contribution in [2.75, 3.05) is 31.1 Å². The van der Waals surface area contributed by atoms with Crippen molar-refractivity contribution >= 4 is 15.5 Å². The van der Waals surface area contributed by atoms with Crippen LogP contribution in [-0.4, -0.2) is 55.4 Å². The molecule has 0 bridgehead atoms. The zero-order valence-corrected chi connectivity index (χ0v) is 10.5. The number of hydrogen-bond acceptors (Lipinski definition) is 5. The molecule has 1 heterocycles. The van der Waals surface area contributed by atoms with Crippen molar-refractivity contribution in [2.45, 2.75) is 26.2 Å². The van der Waals surface area contributed by atoms with Crippen molar-refractivity contribution in [1.82, 2.24) is 4.90 Å². The summed E-state index contributed by atoms with van der Waals surface area (Å²) < 4.78 is 22.5. The van der Waals surface area contributed by atoms with Gasteiger partial charge in [0.15, 0.2) is 0 Å². The van der Waals surface area contributed by atoms with Gasteiger partial charge in [-0.3, -0.25) is 0 Å². The van der Waals surface area contributed by atoms with Gasteiger partial charge in [-0.05, 0) is 13.0 Å². The Labute approximate surface area is 97.0 Å². The number of oxime groups is 1. The largest absolute Gasteiger partial charge is 0.411 e. The number of piperidine rings is 1. The van der Waals surface area contributed by atoms with Crippen molar-refractivity contribution in [3.8, 4) is 0 Å². The van der Waals surface area contributed by atoms with Gasteiger partial charge in [-0.15, -0.1) is 0 Å². The summed E-state index contributed by atoms with van der Waals surface area (Å²) in [6.07, 6.45) is 2.27. The van der Waals surface area contributed by atoms with Crippen LogP contribution in [-0.2, 0) is 9.84 Å². The Kier molecular flexibility index (Phi) is 5.21. The third-order valence-corrected chi connectivity index (χ3v) is 4.73. The summed E-state index contributed by atoms with van der Waals surface area (Å²) >= 11 is 0. The maximum absolute atomic E-state index is 11.3. The third kappa shape index (κ3) is 4.49. The van der Waals surface area contributed by atoms with Gasteiger partial charge >= 0.3 is 0 Å². The van der Waals surface area contributed by atoms with Gasteiger partial charge in [0.05, 0.1) is 11.5 Å². The van der Waals surface area contributed by atoms with Crippen LogP contribution in [0.4, 0.5) is 0 Å². The van der Waals surface area contributed by atoms with Crippen molar-refractivity contribution in [1.29, 1.82) is 0 Å². The van der Waals surface area contributed by atoms with Crippen LogP contribution >= 0.6 is 0 Å². The Morgan fingerprint density at radius 2 is 2.00 bits per heavy atom. The summed E-state index contributed by atoms with van der Waals surface area (Å²) in [6.45, 7) is 4.23. The van der Waals surface area contributed by atoms with Gasteiger partial charge in [-0.25, -0.2) is 8.42 Å². The van der Waals surface area contributed by atoms with Crippen molar-refractivity contribution in [3.05, 3.63) is 0 Å². The van der Waals surface area contributed by atoms with Crippen LogP contribution in [0.2, 0.25) is 0 Å². The highest BCUT2D eigenvalue weighted by molar-refractivity contribution is 7.91. The normalized spacial score (nSPS) is 18.7. The predicted octanol–water partition coefficient (Wildman–Crippen LogP) is 0.737. The molecular weight excluding hydrogens is 228 g/mol. The molecule has 0 aliphatic carbocycles. The highest BCUT2D eigenvalue weighted by atomic mass is 32.2. The van der Waals surface area contributed by atoms with E-state index in [1.165, 1.54) is 0 Å². The highest BCUT2D eigenvalue weighted by Crippen LogP contribution is 2.08. The molecule has 0 unspecified atom stereocenters. The van der Waals surface area contributed by atoms with E-state index in [-0.39, 0.29) is 11.5 Å². The lowest BCUT2D eigenvalue weighted by Crippen LogP contribution is -2.35. The molecule has 16 heavy (non-hydrogen) atoms. The molecule has 0 atom stereocenters. The maximum atomic E-state index is 11.3. The minimum atomic E-state index is -2.83. The molecule has 1 aliphatic rings. The molecular formula is C10H20N2O3S. The molecule has 0 aromatic rings. The van der Waals surface area contributed by atoms with Crippen LogP contribution in [0.3, 0.4) is 0 Å². The number of rotatable bonds is 5. The SMILES string of the molecule is CCS(=O)(=O)CCCN1CCC(=NO)CC1. The van der Waals surface area contributed by atoms with Gasteiger partial charge in [-0.2, -0.15) is 0 Å². The Morgan fingerprint density at radius 1 is 1.38 bits per heavy atom. The minimum absolute atomic E-state index is 0.230. The molecule has 0 amide bonds. The van der Waals surface area contributed by atoms with E-state index in [2.05, 4.69) is 10.1 Å². The summed E-state index contributed by atoms with van der Waals surface area (Å²) in [5.41, 5.74) is 0.845. The molecule has 1 rings (SSSR count). The Balaban J connectivity index is 2.21. The van der Waals surface area contributed by atoms with E-state index in [1.54, 1.807) is 6.92 Å². The van der Waals surface area contributed by atoms with E-state index in [0.29, 0.717) is 6.42 Å². The molecule has 0 radical (unpaired) electrons. The van der Waals surface area contributed by atoms with Crippen molar-refractivity contribution in [2.24, 2.45) is 5.16 Å². The summed E-state index contributed by atoms with van der Waals surface area (Å²) in [5, 5.41) is 11.8. The first kappa shape index (κ1) is 13.4. The lowest BCUT2D eigenvalue weighted by Gasteiger charge is -2.26. The topological polar surface area (TPSA) is 70.0 Å². The molecule has 1 saturated heterocycles. The number of nitrogens with zero attached hydrogens (tertiary/aromatic N) is 2. The van der Waals surface area contributed by atoms with Crippen LogP contribution in [0, 0.1) is 0 Å². The summed E-state index contributed by atoms with van der Waals surface area (Å²) in [5.74, 6) is 0.509. The second kappa shape index (κ2) is 6.20. The molecule has 5 nitrogen and oxygen atoms in total. The monoisotopic (exact) mass is 248 g/mol. The molecule has 0 aromatic carbocycles. The molecule has 1 aliphatic heterocycles. The van der Waals surface area contributed by atoms with E-state index in [4.69, 9.17) is 5.21 Å². The van der Waals surface area contributed by atoms with E-state index in [9.17, 15) is 8.42 Å². The van der Waals surface area contributed by atoms with Crippen LogP contribution in [0.1, 0.15) is 26.2 Å². The lowest BCUT2D eigenvalue weighted by molar-refractivity contribution is 0.264. The Hall–Kier alpha value is -0.620. The number of likely N-dealkylation sites (tertiary alicyclic amines) is 1. The van der Waals surface area contributed by atoms with E-state index >= 15 is 0 Å². The lowest BCUT2D eigenvalue weighted by atomic mass is 10.1. The fourth-order valence-electron chi connectivity index (χ4n) is 1.79. The fraction of sp³-hybridized carbons (Fsp3) is 0.900. The first-order chi connectivity index (χ1) is 7.57. The smallest absolute Gasteiger partial charge is 0.150 e. The number of hydrogen-bond donors (Lipinski definition) is 1. The average molecular weight is 248 g/mol. The molecule has 0 saturated carbocycles. The molecule has 0 spiro atoms. The first-order valence-electron chi connectivity index (χ1n) is 5.70. The Bertz CT molecular complexity index is 328. The fourth-order valence-corrected chi connectivity index (χ4v) is 2.64. The van der Waals surface area contributed by atoms with Crippen molar-refractivity contribution in [3.63, 3.8) is 0 Å². The maximum Gasteiger partial charge on any atom is 0.150 e. The Morgan fingerprint density at radius 3 is 2.50 bits per heavy atom. The van der Waals surface area contributed by atoms with Gasteiger partial charge in [-0.1, -0.05) is 12.1 Å². The van der Waals surface area contributed by atoms with Gasteiger partial charge in [0.25, 0.3) is 0 Å². The summed E-state index contributed by atoms with van der Waals surface area (Å²) in [6, 6.07) is 0. The van der Waals surface area contributed by atoms with Gasteiger partial charge < -0.3 is 10.1 Å². The zero-order chi connectivity index (χ0) is 12.0. The van der Waals surface area contributed by atoms with Crippen molar-refractivity contribution < 1.29 is 13.6 Å². The standard InChI is InChI=1S/C10H20N2O3S/c1-2-16(14,15)9-3-6-12-7-4-10(11-13)5-8-12/h13H,2-9H2,1H3. The summed E-state index contributed by atoms with van der Waals surface area (Å²) in [7, 11) is -2.83. The molecule has 1 fully saturated rings. The quantitative estimate of drug-likeness (QED) is 0.575. The average Bonchev–Trinajstić information content (AvgIpc) is 2.30. The van der Waals surface area contributed by atoms with E-state index in [0.717, 1.165) is 38.2 Å². The van der Waals surface area contributed by atoms with Crippen LogP contribution < -0.4 is 0 Å². The van der Waals surface area contributed by atoms with Crippen LogP contribution in [0.25, 0.3) is 0 Å². The number of sulfone groups is 1. The molecule has 0 aromatic heterocycles. The summed E-state index contributed by atoms with van der Waals surface area (Å²) in [4.78, 5) is 2.22. The van der Waals surface area contributed by atoms with E-state index in [1.807, 2.05) is 0 Å². The van der Waals surface area contributed by atoms with E-state index < -0.39 is 9.84 Å². The van der Waals surface area contributed by atoms with Gasteiger partial charge in [0, 0.05) is 31.7 Å². The first-order valence-corrected chi connectivity index (χ1v) is 7.52. The second-order valence-corrected chi connectivity index (χ2v) is 6.57. The van der Waals surface area contributed by atoms with Gasteiger partial charge in [0.1, 0.15) is 9.84 Å². The minimum Gasteiger partial charge on any atom is -0.411 e. The van der Waals surface area contributed by atoms with Crippen LogP contribution in [0.5, 0.6) is 0 Å². The molecule has 94 valence electrons. The molecule has 1 N–H and O–H groups in total. The second-order valence-electron chi connectivity index (χ2n) is 4.10. The zero-order valence-electron chi connectivity index (χ0n) is 9.72. The van der Waals surface area contributed by atoms with Gasteiger partial charge in [0.2, 0.25) is 0 Å².